The number of methoxy groups -OCH3 is 2. The maximum Gasteiger partial charge on any atom is 0.249 e. The van der Waals surface area contributed by atoms with Crippen LogP contribution in [0, 0.1) is 0 Å². The monoisotopic (exact) mass is 427 g/mol. The average molecular weight is 428 g/mol. The van der Waals surface area contributed by atoms with Gasteiger partial charge < -0.3 is 14.8 Å². The quantitative estimate of drug-likeness (QED) is 0.647. The highest BCUT2D eigenvalue weighted by atomic mass is 35.5. The molecule has 0 saturated carbocycles. The Balaban J connectivity index is 1.63. The number of benzene rings is 2. The molecule has 1 aliphatic rings. The van der Waals surface area contributed by atoms with Crippen molar-refractivity contribution in [1.29, 1.82) is 0 Å². The van der Waals surface area contributed by atoms with Gasteiger partial charge in [-0.2, -0.15) is 4.98 Å². The molecule has 0 unspecified atom stereocenters. The van der Waals surface area contributed by atoms with Crippen molar-refractivity contribution >= 4 is 35.1 Å². The van der Waals surface area contributed by atoms with Gasteiger partial charge in [0.15, 0.2) is 5.82 Å². The molecule has 0 aliphatic carbocycles. The zero-order valence-corrected chi connectivity index (χ0v) is 16.9. The Bertz CT molecular complexity index is 1090. The number of ether oxygens (including phenoxy) is 2. The molecule has 0 bridgehead atoms. The second-order valence-electron chi connectivity index (χ2n) is 6.57. The van der Waals surface area contributed by atoms with Gasteiger partial charge in [0.25, 0.3) is 0 Å². The highest BCUT2D eigenvalue weighted by molar-refractivity contribution is 6.30. The first-order chi connectivity index (χ1) is 14.5. The molecule has 10 heteroatoms. The van der Waals surface area contributed by atoms with Gasteiger partial charge >= 0.3 is 0 Å². The van der Waals surface area contributed by atoms with Gasteiger partial charge in [-0.15, -0.1) is 5.10 Å². The Morgan fingerprint density at radius 3 is 2.47 bits per heavy atom. The topological polar surface area (TPSA) is 107 Å². The Morgan fingerprint density at radius 2 is 1.83 bits per heavy atom. The molecule has 0 radical (unpaired) electrons. The van der Waals surface area contributed by atoms with Crippen LogP contribution < -0.4 is 20.1 Å². The fourth-order valence-corrected chi connectivity index (χ4v) is 3.22. The number of nitrogens with zero attached hydrogens (tertiary/aromatic N) is 3. The van der Waals surface area contributed by atoms with E-state index in [0.29, 0.717) is 33.6 Å². The number of hydrogen-bond donors (Lipinski definition) is 2. The van der Waals surface area contributed by atoms with Crippen molar-refractivity contribution in [1.82, 2.24) is 14.8 Å². The highest BCUT2D eigenvalue weighted by Gasteiger charge is 2.33. The van der Waals surface area contributed by atoms with Crippen molar-refractivity contribution in [2.45, 2.75) is 12.5 Å². The van der Waals surface area contributed by atoms with Crippen LogP contribution in [0.2, 0.25) is 5.02 Å². The fourth-order valence-electron chi connectivity index (χ4n) is 3.09. The highest BCUT2D eigenvalue weighted by Crippen LogP contribution is 2.30. The number of amides is 2. The van der Waals surface area contributed by atoms with Gasteiger partial charge in [0, 0.05) is 34.5 Å². The molecule has 3 aromatic rings. The summed E-state index contributed by atoms with van der Waals surface area (Å²) in [6.07, 6.45) is -0.0661. The van der Waals surface area contributed by atoms with E-state index in [1.54, 1.807) is 42.5 Å². The standard InChI is InChI=1S/C20H18ClN5O4/c1-29-14-7-13(8-15(9-14)30-2)22-19(28)16-10-17(27)23-20-24-18(25-26(16)20)11-3-5-12(21)6-4-11/h3-9,16H,10H2,1-2H3,(H,22,28)(H,23,24,25,27)/t16-/m0/s1. The molecule has 0 saturated heterocycles. The van der Waals surface area contributed by atoms with Gasteiger partial charge in [-0.1, -0.05) is 11.6 Å². The lowest BCUT2D eigenvalue weighted by atomic mass is 10.1. The molecule has 0 spiro atoms. The summed E-state index contributed by atoms with van der Waals surface area (Å²) in [5.74, 6) is 0.911. The zero-order valence-electron chi connectivity index (χ0n) is 16.2. The SMILES string of the molecule is COc1cc(NC(=O)[C@@H]2CC(=O)Nc3nc(-c4ccc(Cl)cc4)nn32)cc(OC)c1. The molecule has 1 aliphatic heterocycles. The third-order valence-corrected chi connectivity index (χ3v) is 4.83. The van der Waals surface area contributed by atoms with Crippen molar-refractivity contribution in [2.24, 2.45) is 0 Å². The summed E-state index contributed by atoms with van der Waals surface area (Å²) in [4.78, 5) is 29.5. The predicted molar refractivity (Wildman–Crippen MR) is 111 cm³/mol. The van der Waals surface area contributed by atoms with Crippen molar-refractivity contribution in [2.75, 3.05) is 24.9 Å². The Hall–Kier alpha value is -3.59. The molecule has 0 fully saturated rings. The van der Waals surface area contributed by atoms with Crippen LogP contribution in [0.1, 0.15) is 12.5 Å². The molecular formula is C20H18ClN5O4. The van der Waals surface area contributed by atoms with Crippen molar-refractivity contribution in [3.63, 3.8) is 0 Å². The van der Waals surface area contributed by atoms with Crippen LogP contribution in [0.15, 0.2) is 42.5 Å². The minimum Gasteiger partial charge on any atom is -0.497 e. The van der Waals surface area contributed by atoms with Crippen molar-refractivity contribution < 1.29 is 19.1 Å². The van der Waals surface area contributed by atoms with Crippen LogP contribution in [0.5, 0.6) is 11.5 Å². The molecular weight excluding hydrogens is 410 g/mol. The summed E-state index contributed by atoms with van der Waals surface area (Å²) >= 11 is 5.93. The van der Waals surface area contributed by atoms with Gasteiger partial charge in [0.2, 0.25) is 17.8 Å². The lowest BCUT2D eigenvalue weighted by Gasteiger charge is -2.22. The van der Waals surface area contributed by atoms with Gasteiger partial charge in [0.05, 0.1) is 20.6 Å². The Labute approximate surface area is 177 Å². The number of aromatic nitrogens is 3. The zero-order chi connectivity index (χ0) is 21.3. The van der Waals surface area contributed by atoms with Crippen LogP contribution in [0.3, 0.4) is 0 Å². The number of rotatable bonds is 5. The van der Waals surface area contributed by atoms with E-state index in [1.165, 1.54) is 18.9 Å². The van der Waals surface area contributed by atoms with E-state index in [0.717, 1.165) is 0 Å². The number of halogens is 1. The molecule has 1 aromatic heterocycles. The minimum atomic E-state index is -0.862. The van der Waals surface area contributed by atoms with E-state index < -0.39 is 11.9 Å². The Kier molecular flexibility index (Phi) is 5.28. The van der Waals surface area contributed by atoms with E-state index in [2.05, 4.69) is 20.7 Å². The maximum atomic E-state index is 13.0. The first kappa shape index (κ1) is 19.7. The molecule has 4 rings (SSSR count). The van der Waals surface area contributed by atoms with Crippen molar-refractivity contribution in [3.05, 3.63) is 47.5 Å². The van der Waals surface area contributed by atoms with Gasteiger partial charge in [-0.25, -0.2) is 4.68 Å². The van der Waals surface area contributed by atoms with E-state index in [4.69, 9.17) is 21.1 Å². The van der Waals surface area contributed by atoms with Crippen LogP contribution in [-0.2, 0) is 9.59 Å². The second-order valence-corrected chi connectivity index (χ2v) is 7.01. The van der Waals surface area contributed by atoms with Crippen LogP contribution in [-0.4, -0.2) is 40.8 Å². The van der Waals surface area contributed by atoms with Crippen LogP contribution in [0.25, 0.3) is 11.4 Å². The molecule has 2 heterocycles. The summed E-state index contributed by atoms with van der Waals surface area (Å²) in [6.45, 7) is 0. The van der Waals surface area contributed by atoms with E-state index in [1.807, 2.05) is 0 Å². The number of carbonyl (C=O) groups is 2. The molecule has 2 aromatic carbocycles. The third-order valence-electron chi connectivity index (χ3n) is 4.58. The lowest BCUT2D eigenvalue weighted by Crippen LogP contribution is -2.36. The summed E-state index contributed by atoms with van der Waals surface area (Å²) in [5, 5.41) is 10.5. The van der Waals surface area contributed by atoms with Crippen LogP contribution in [0.4, 0.5) is 11.6 Å². The molecule has 2 N–H and O–H groups in total. The van der Waals surface area contributed by atoms with Gasteiger partial charge in [-0.3, -0.25) is 14.9 Å². The Morgan fingerprint density at radius 1 is 1.17 bits per heavy atom. The van der Waals surface area contributed by atoms with Gasteiger partial charge in [-0.05, 0) is 24.3 Å². The minimum absolute atomic E-state index is 0.0661. The number of hydrogen-bond acceptors (Lipinski definition) is 6. The molecule has 30 heavy (non-hydrogen) atoms. The number of carbonyl (C=O) groups excluding carboxylic acids is 2. The van der Waals surface area contributed by atoms with Gasteiger partial charge in [0.1, 0.15) is 17.5 Å². The third kappa shape index (κ3) is 3.92. The van der Waals surface area contributed by atoms with E-state index >= 15 is 0 Å². The predicted octanol–water partition coefficient (Wildman–Crippen LogP) is 3.14. The summed E-state index contributed by atoms with van der Waals surface area (Å²) in [6, 6.07) is 11.1. The maximum absolute atomic E-state index is 13.0. The van der Waals surface area contributed by atoms with Crippen molar-refractivity contribution in [3.8, 4) is 22.9 Å². The fraction of sp³-hybridized carbons (Fsp3) is 0.200. The lowest BCUT2D eigenvalue weighted by molar-refractivity contribution is -0.125. The molecule has 1 atom stereocenters. The number of fused-ring (bicyclic) bond motifs is 1. The first-order valence-electron chi connectivity index (χ1n) is 9.03. The normalized spacial score (nSPS) is 15.2. The second kappa shape index (κ2) is 8.03. The number of nitrogens with one attached hydrogen (secondary N) is 2. The summed E-state index contributed by atoms with van der Waals surface area (Å²) < 4.78 is 11.9. The average Bonchev–Trinajstić information content (AvgIpc) is 3.17. The van der Waals surface area contributed by atoms with Crippen LogP contribution >= 0.6 is 11.6 Å². The smallest absolute Gasteiger partial charge is 0.249 e. The number of anilines is 2. The first-order valence-corrected chi connectivity index (χ1v) is 9.41. The molecule has 154 valence electrons. The van der Waals surface area contributed by atoms with E-state index in [9.17, 15) is 9.59 Å². The molecule has 2 amide bonds. The molecule has 9 nitrogen and oxygen atoms in total. The summed E-state index contributed by atoms with van der Waals surface area (Å²) in [5.41, 5.74) is 1.19. The largest absolute Gasteiger partial charge is 0.497 e. The van der Waals surface area contributed by atoms with E-state index in [-0.39, 0.29) is 18.3 Å². The summed E-state index contributed by atoms with van der Waals surface area (Å²) in [7, 11) is 3.04.